The highest BCUT2D eigenvalue weighted by molar-refractivity contribution is 8.18. The molecule has 3 aromatic rings. The zero-order valence-electron chi connectivity index (χ0n) is 23.3. The predicted molar refractivity (Wildman–Crippen MR) is 167 cm³/mol. The van der Waals surface area contributed by atoms with E-state index in [1.54, 1.807) is 49.4 Å². The zero-order valence-corrected chi connectivity index (χ0v) is 25.7. The van der Waals surface area contributed by atoms with E-state index in [0.717, 1.165) is 4.90 Å². The lowest BCUT2D eigenvalue weighted by atomic mass is 10.2. The molecular weight excluding hydrogens is 633 g/mol. The van der Waals surface area contributed by atoms with E-state index in [4.69, 9.17) is 32.7 Å². The SMILES string of the molecule is CCOc1cc(/C=C2/SC(=O)N(CC(=O)Nc3ccc(Cl)c(C(=O)OC)c3)C2=O)ccc1OCC(=O)Nc1cccc(Cl)c1. The Morgan fingerprint density at radius 1 is 0.909 bits per heavy atom. The Labute approximate surface area is 266 Å². The van der Waals surface area contributed by atoms with Crippen LogP contribution in [0.1, 0.15) is 22.8 Å². The van der Waals surface area contributed by atoms with E-state index in [1.807, 2.05) is 0 Å². The summed E-state index contributed by atoms with van der Waals surface area (Å²) in [6.07, 6.45) is 1.49. The van der Waals surface area contributed by atoms with Gasteiger partial charge in [0.05, 0.1) is 29.2 Å². The van der Waals surface area contributed by atoms with Gasteiger partial charge in [-0.3, -0.25) is 24.1 Å². The van der Waals surface area contributed by atoms with Crippen molar-refractivity contribution in [1.82, 2.24) is 4.90 Å². The molecule has 0 spiro atoms. The van der Waals surface area contributed by atoms with Crippen molar-refractivity contribution in [2.45, 2.75) is 6.92 Å². The van der Waals surface area contributed by atoms with Crippen LogP contribution >= 0.6 is 35.0 Å². The molecule has 44 heavy (non-hydrogen) atoms. The topological polar surface area (TPSA) is 140 Å². The van der Waals surface area contributed by atoms with Crippen molar-refractivity contribution in [3.05, 3.63) is 86.7 Å². The lowest BCUT2D eigenvalue weighted by Gasteiger charge is -2.13. The van der Waals surface area contributed by atoms with Crippen LogP contribution in [0.25, 0.3) is 6.08 Å². The standard InChI is InChI=1S/C30H25Cl2N3O8S/c1-3-42-24-11-17(7-10-23(24)43-16-27(37)34-19-6-4-5-18(31)13-19)12-25-28(38)35(30(40)44-25)15-26(36)33-20-8-9-22(32)21(14-20)29(39)41-2/h4-14H,3,15-16H2,1-2H3,(H,33,36)(H,34,37)/b25-12+. The first-order valence-corrected chi connectivity index (χ1v) is 14.5. The molecule has 0 saturated carbocycles. The van der Waals surface area contributed by atoms with Gasteiger partial charge in [-0.15, -0.1) is 0 Å². The highest BCUT2D eigenvalue weighted by atomic mass is 35.5. The van der Waals surface area contributed by atoms with Crippen LogP contribution in [0, 0.1) is 0 Å². The number of benzene rings is 3. The summed E-state index contributed by atoms with van der Waals surface area (Å²) in [5.74, 6) is -1.79. The Bertz CT molecular complexity index is 1660. The maximum Gasteiger partial charge on any atom is 0.339 e. The second kappa shape index (κ2) is 14.8. The highest BCUT2D eigenvalue weighted by Gasteiger charge is 2.36. The van der Waals surface area contributed by atoms with Gasteiger partial charge in [0, 0.05) is 16.4 Å². The maximum absolute atomic E-state index is 13.0. The average Bonchev–Trinajstić information content (AvgIpc) is 3.24. The zero-order chi connectivity index (χ0) is 31.8. The quantitative estimate of drug-likeness (QED) is 0.191. The second-order valence-electron chi connectivity index (χ2n) is 8.99. The summed E-state index contributed by atoms with van der Waals surface area (Å²) < 4.78 is 16.0. The van der Waals surface area contributed by atoms with Crippen LogP contribution in [0.2, 0.25) is 10.0 Å². The lowest BCUT2D eigenvalue weighted by Crippen LogP contribution is -2.36. The monoisotopic (exact) mass is 657 g/mol. The largest absolute Gasteiger partial charge is 0.490 e. The summed E-state index contributed by atoms with van der Waals surface area (Å²) in [7, 11) is 1.20. The van der Waals surface area contributed by atoms with E-state index < -0.39 is 35.5 Å². The molecule has 4 amide bonds. The van der Waals surface area contributed by atoms with Gasteiger partial charge in [0.25, 0.3) is 17.1 Å². The number of nitrogens with zero attached hydrogens (tertiary/aromatic N) is 1. The predicted octanol–water partition coefficient (Wildman–Crippen LogP) is 5.87. The number of hydrogen-bond acceptors (Lipinski definition) is 9. The van der Waals surface area contributed by atoms with Gasteiger partial charge in [0.15, 0.2) is 18.1 Å². The number of thioether (sulfide) groups is 1. The summed E-state index contributed by atoms with van der Waals surface area (Å²) in [5.41, 5.74) is 1.32. The molecule has 11 nitrogen and oxygen atoms in total. The molecule has 2 N–H and O–H groups in total. The molecule has 0 aromatic heterocycles. The normalized spacial score (nSPS) is 13.5. The number of rotatable bonds is 11. The molecule has 3 aromatic carbocycles. The van der Waals surface area contributed by atoms with E-state index in [9.17, 15) is 24.0 Å². The summed E-state index contributed by atoms with van der Waals surface area (Å²) in [4.78, 5) is 63.4. The van der Waals surface area contributed by atoms with Crippen LogP contribution < -0.4 is 20.1 Å². The van der Waals surface area contributed by atoms with Crippen LogP contribution in [0.15, 0.2) is 65.6 Å². The molecule has 0 bridgehead atoms. The van der Waals surface area contributed by atoms with Crippen molar-refractivity contribution in [1.29, 1.82) is 0 Å². The third-order valence-corrected chi connectivity index (χ3v) is 7.34. The molecule has 1 aliphatic rings. The van der Waals surface area contributed by atoms with E-state index >= 15 is 0 Å². The number of imide groups is 1. The van der Waals surface area contributed by atoms with Crippen LogP contribution in [0.5, 0.6) is 11.5 Å². The van der Waals surface area contributed by atoms with Gasteiger partial charge in [-0.2, -0.15) is 0 Å². The van der Waals surface area contributed by atoms with Crippen molar-refractivity contribution < 1.29 is 38.2 Å². The summed E-state index contributed by atoms with van der Waals surface area (Å²) in [6, 6.07) is 15.7. The second-order valence-corrected chi connectivity index (χ2v) is 10.8. The molecule has 1 aliphatic heterocycles. The lowest BCUT2D eigenvalue weighted by molar-refractivity contribution is -0.127. The Kier molecular flexibility index (Phi) is 10.9. The first kappa shape index (κ1) is 32.4. The van der Waals surface area contributed by atoms with Crippen molar-refractivity contribution in [2.75, 3.05) is 37.5 Å². The fourth-order valence-electron chi connectivity index (χ4n) is 3.91. The van der Waals surface area contributed by atoms with E-state index in [0.29, 0.717) is 46.1 Å². The van der Waals surface area contributed by atoms with Crippen molar-refractivity contribution >= 4 is 81.3 Å². The van der Waals surface area contributed by atoms with Gasteiger partial charge >= 0.3 is 5.97 Å². The number of esters is 1. The number of anilines is 2. The molecule has 0 unspecified atom stereocenters. The smallest absolute Gasteiger partial charge is 0.339 e. The Balaban J connectivity index is 1.40. The minimum atomic E-state index is -0.687. The van der Waals surface area contributed by atoms with E-state index in [2.05, 4.69) is 15.4 Å². The fourth-order valence-corrected chi connectivity index (χ4v) is 5.13. The number of carbonyl (C=O) groups is 5. The number of ether oxygens (including phenoxy) is 3. The Hall–Kier alpha value is -4.52. The summed E-state index contributed by atoms with van der Waals surface area (Å²) in [5, 5.41) is 5.22. The molecule has 4 rings (SSSR count). The number of carbonyl (C=O) groups excluding carboxylic acids is 5. The number of hydrogen-bond donors (Lipinski definition) is 2. The van der Waals surface area contributed by atoms with Gasteiger partial charge in [-0.1, -0.05) is 35.3 Å². The summed E-state index contributed by atoms with van der Waals surface area (Å²) in [6.45, 7) is 1.23. The van der Waals surface area contributed by atoms with Crippen LogP contribution in [-0.4, -0.2) is 60.7 Å². The number of halogens is 2. The molecular formula is C30H25Cl2N3O8S. The number of amides is 4. The molecule has 1 fully saturated rings. The number of nitrogens with one attached hydrogen (secondary N) is 2. The van der Waals surface area contributed by atoms with Crippen LogP contribution in [0.3, 0.4) is 0 Å². The van der Waals surface area contributed by atoms with Crippen LogP contribution in [0.4, 0.5) is 16.2 Å². The van der Waals surface area contributed by atoms with E-state index in [-0.39, 0.29) is 27.8 Å². The highest BCUT2D eigenvalue weighted by Crippen LogP contribution is 2.35. The molecule has 14 heteroatoms. The van der Waals surface area contributed by atoms with Gasteiger partial charge in [0.2, 0.25) is 5.91 Å². The first-order chi connectivity index (χ1) is 21.1. The van der Waals surface area contributed by atoms with Crippen LogP contribution in [-0.2, 0) is 19.1 Å². The third-order valence-electron chi connectivity index (χ3n) is 5.86. The minimum absolute atomic E-state index is 0.0460. The Morgan fingerprint density at radius 3 is 2.39 bits per heavy atom. The first-order valence-electron chi connectivity index (χ1n) is 13.0. The van der Waals surface area contributed by atoms with Crippen molar-refractivity contribution in [3.8, 4) is 11.5 Å². The van der Waals surface area contributed by atoms with Crippen molar-refractivity contribution in [2.24, 2.45) is 0 Å². The van der Waals surface area contributed by atoms with Gasteiger partial charge in [-0.25, -0.2) is 4.79 Å². The molecule has 0 radical (unpaired) electrons. The molecule has 1 heterocycles. The van der Waals surface area contributed by atoms with Gasteiger partial charge in [0.1, 0.15) is 6.54 Å². The molecule has 0 aliphatic carbocycles. The molecule has 1 saturated heterocycles. The fraction of sp³-hybridized carbons (Fsp3) is 0.167. The minimum Gasteiger partial charge on any atom is -0.490 e. The molecule has 228 valence electrons. The average molecular weight is 659 g/mol. The van der Waals surface area contributed by atoms with Crippen molar-refractivity contribution in [3.63, 3.8) is 0 Å². The maximum atomic E-state index is 13.0. The third kappa shape index (κ3) is 8.31. The Morgan fingerprint density at radius 2 is 1.66 bits per heavy atom. The van der Waals surface area contributed by atoms with Gasteiger partial charge < -0.3 is 24.8 Å². The number of methoxy groups -OCH3 is 1. The molecule has 0 atom stereocenters. The summed E-state index contributed by atoms with van der Waals surface area (Å²) >= 11 is 12.6. The van der Waals surface area contributed by atoms with Gasteiger partial charge in [-0.05, 0) is 78.9 Å². The van der Waals surface area contributed by atoms with E-state index in [1.165, 1.54) is 31.4 Å².